The second kappa shape index (κ2) is 6.49. The van der Waals surface area contributed by atoms with Crippen LogP contribution in [0.15, 0.2) is 6.20 Å². The Bertz CT molecular complexity index is 500. The van der Waals surface area contributed by atoms with Crippen LogP contribution in [0, 0.1) is 0 Å². The Kier molecular flexibility index (Phi) is 5.10. The molecular formula is C16H26ClN3O. The molecule has 5 heteroatoms. The van der Waals surface area contributed by atoms with Crippen molar-refractivity contribution in [3.8, 4) is 0 Å². The van der Waals surface area contributed by atoms with E-state index in [1.54, 1.807) is 10.9 Å². The molecule has 0 saturated heterocycles. The first kappa shape index (κ1) is 16.5. The molecule has 1 aromatic rings. The number of Topliss-reactive ketones (excluding diaryl/α,β-unsaturated/α-hetero) is 1. The number of hydrogen-bond donors (Lipinski definition) is 0. The van der Waals surface area contributed by atoms with Crippen LogP contribution >= 0.6 is 11.6 Å². The van der Waals surface area contributed by atoms with E-state index in [1.807, 2.05) is 27.9 Å². The summed E-state index contributed by atoms with van der Waals surface area (Å²) in [5, 5.41) is 4.76. The summed E-state index contributed by atoms with van der Waals surface area (Å²) in [6.45, 7) is 4.05. The van der Waals surface area contributed by atoms with Gasteiger partial charge in [-0.05, 0) is 40.8 Å². The highest BCUT2D eigenvalue weighted by Crippen LogP contribution is 2.36. The molecule has 1 fully saturated rings. The minimum atomic E-state index is -0.438. The molecule has 0 atom stereocenters. The van der Waals surface area contributed by atoms with Crippen molar-refractivity contribution in [2.45, 2.75) is 64.0 Å². The summed E-state index contributed by atoms with van der Waals surface area (Å²) in [5.74, 6) is 0.130. The van der Waals surface area contributed by atoms with E-state index in [9.17, 15) is 4.79 Å². The third kappa shape index (κ3) is 3.02. The molecule has 21 heavy (non-hydrogen) atoms. The number of rotatable bonds is 4. The maximum absolute atomic E-state index is 13.3. The van der Waals surface area contributed by atoms with Gasteiger partial charge in [-0.3, -0.25) is 14.4 Å². The normalized spacial score (nSPS) is 19.0. The summed E-state index contributed by atoms with van der Waals surface area (Å²) in [7, 11) is 4.01. The molecule has 1 aliphatic carbocycles. The van der Waals surface area contributed by atoms with Crippen molar-refractivity contribution < 1.29 is 4.79 Å². The van der Waals surface area contributed by atoms with Crippen molar-refractivity contribution in [2.75, 3.05) is 14.1 Å². The maximum Gasteiger partial charge on any atom is 0.202 e. The molecule has 0 aromatic carbocycles. The first-order valence-corrected chi connectivity index (χ1v) is 8.23. The lowest BCUT2D eigenvalue weighted by molar-refractivity contribution is 0.0621. The van der Waals surface area contributed by atoms with Crippen molar-refractivity contribution in [1.82, 2.24) is 14.7 Å². The van der Waals surface area contributed by atoms with E-state index in [0.717, 1.165) is 25.7 Å². The van der Waals surface area contributed by atoms with Gasteiger partial charge < -0.3 is 0 Å². The Hall–Kier alpha value is -0.870. The van der Waals surface area contributed by atoms with Gasteiger partial charge in [0.2, 0.25) is 5.78 Å². The van der Waals surface area contributed by atoms with Crippen LogP contribution in [-0.2, 0) is 0 Å². The van der Waals surface area contributed by atoms with E-state index in [0.29, 0.717) is 10.7 Å². The average molecular weight is 312 g/mol. The molecule has 118 valence electrons. The number of ketones is 1. The molecule has 0 aliphatic heterocycles. The molecule has 2 rings (SSSR count). The minimum Gasteiger partial charge on any atom is -0.297 e. The van der Waals surface area contributed by atoms with Crippen LogP contribution in [0.5, 0.6) is 0 Å². The number of halogens is 1. The Balaban J connectivity index is 2.46. The molecular weight excluding hydrogens is 286 g/mol. The van der Waals surface area contributed by atoms with Crippen LogP contribution in [0.3, 0.4) is 0 Å². The standard InChI is InChI=1S/C16H26ClN3O/c1-12(2)20-14(13(17)11-18-20)15(21)16(19(3)4)9-7-5-6-8-10-16/h11-12H,5-10H2,1-4H3. The minimum absolute atomic E-state index is 0.126. The Morgan fingerprint density at radius 3 is 2.33 bits per heavy atom. The summed E-state index contributed by atoms with van der Waals surface area (Å²) < 4.78 is 1.76. The second-order valence-electron chi connectivity index (χ2n) is 6.55. The lowest BCUT2D eigenvalue weighted by Gasteiger charge is -2.38. The maximum atomic E-state index is 13.3. The van der Waals surface area contributed by atoms with Crippen LogP contribution < -0.4 is 0 Å². The molecule has 1 heterocycles. The van der Waals surface area contributed by atoms with Crippen LogP contribution in [0.4, 0.5) is 0 Å². The van der Waals surface area contributed by atoms with Crippen LogP contribution in [0.25, 0.3) is 0 Å². The predicted molar refractivity (Wildman–Crippen MR) is 86.1 cm³/mol. The van der Waals surface area contributed by atoms with E-state index in [1.165, 1.54) is 12.8 Å². The van der Waals surface area contributed by atoms with Gasteiger partial charge in [0.05, 0.1) is 16.8 Å². The largest absolute Gasteiger partial charge is 0.297 e. The number of carbonyl (C=O) groups excluding carboxylic acids is 1. The summed E-state index contributed by atoms with van der Waals surface area (Å²) in [6, 6.07) is 0.126. The van der Waals surface area contributed by atoms with Gasteiger partial charge in [0.25, 0.3) is 0 Å². The molecule has 1 saturated carbocycles. The summed E-state index contributed by atoms with van der Waals surface area (Å²) >= 11 is 6.29. The van der Waals surface area contributed by atoms with E-state index in [-0.39, 0.29) is 11.8 Å². The zero-order valence-corrected chi connectivity index (χ0v) is 14.3. The van der Waals surface area contributed by atoms with Gasteiger partial charge in [0.1, 0.15) is 5.69 Å². The number of aromatic nitrogens is 2. The molecule has 4 nitrogen and oxygen atoms in total. The quantitative estimate of drug-likeness (QED) is 0.624. The third-order valence-corrected chi connectivity index (χ3v) is 4.94. The number of likely N-dealkylation sites (N-methyl/N-ethyl adjacent to an activating group) is 1. The van der Waals surface area contributed by atoms with Gasteiger partial charge in [-0.2, -0.15) is 5.10 Å². The summed E-state index contributed by atoms with van der Waals surface area (Å²) in [4.78, 5) is 15.4. The lowest BCUT2D eigenvalue weighted by atomic mass is 9.83. The van der Waals surface area contributed by atoms with Crippen LogP contribution in [0.2, 0.25) is 5.02 Å². The third-order valence-electron chi connectivity index (χ3n) is 4.66. The van der Waals surface area contributed by atoms with Crippen LogP contribution in [-0.4, -0.2) is 40.1 Å². The SMILES string of the molecule is CC(C)n1ncc(Cl)c1C(=O)C1(N(C)C)CCCCCC1. The Morgan fingerprint density at radius 1 is 1.29 bits per heavy atom. The highest BCUT2D eigenvalue weighted by atomic mass is 35.5. The molecule has 0 unspecified atom stereocenters. The predicted octanol–water partition coefficient (Wildman–Crippen LogP) is 3.95. The number of nitrogens with zero attached hydrogens (tertiary/aromatic N) is 3. The zero-order chi connectivity index (χ0) is 15.6. The molecule has 0 bridgehead atoms. The summed E-state index contributed by atoms with van der Waals surface area (Å²) in [5.41, 5.74) is 0.134. The molecule has 1 aliphatic rings. The first-order valence-electron chi connectivity index (χ1n) is 7.85. The fourth-order valence-electron chi connectivity index (χ4n) is 3.36. The monoisotopic (exact) mass is 311 g/mol. The van der Waals surface area contributed by atoms with E-state index in [4.69, 9.17) is 11.6 Å². The molecule has 0 radical (unpaired) electrons. The van der Waals surface area contributed by atoms with Gasteiger partial charge >= 0.3 is 0 Å². The van der Waals surface area contributed by atoms with Gasteiger partial charge in [-0.15, -0.1) is 0 Å². The van der Waals surface area contributed by atoms with Crippen LogP contribution in [0.1, 0.15) is 68.9 Å². The average Bonchev–Trinajstić information content (AvgIpc) is 2.66. The Morgan fingerprint density at radius 2 is 1.86 bits per heavy atom. The topological polar surface area (TPSA) is 38.1 Å². The molecule has 1 aromatic heterocycles. The number of hydrogen-bond acceptors (Lipinski definition) is 3. The van der Waals surface area contributed by atoms with Gasteiger partial charge in [-0.1, -0.05) is 37.3 Å². The molecule has 0 spiro atoms. The van der Waals surface area contributed by atoms with Crippen molar-refractivity contribution >= 4 is 17.4 Å². The Labute approximate surface area is 132 Å². The highest BCUT2D eigenvalue weighted by molar-refractivity contribution is 6.34. The highest BCUT2D eigenvalue weighted by Gasteiger charge is 2.43. The number of carbonyl (C=O) groups is 1. The fraction of sp³-hybridized carbons (Fsp3) is 0.750. The second-order valence-corrected chi connectivity index (χ2v) is 6.96. The van der Waals surface area contributed by atoms with Crippen molar-refractivity contribution in [1.29, 1.82) is 0 Å². The van der Waals surface area contributed by atoms with E-state index >= 15 is 0 Å². The van der Waals surface area contributed by atoms with Crippen molar-refractivity contribution in [3.05, 3.63) is 16.9 Å². The fourth-order valence-corrected chi connectivity index (χ4v) is 3.57. The molecule has 0 amide bonds. The van der Waals surface area contributed by atoms with E-state index in [2.05, 4.69) is 10.00 Å². The van der Waals surface area contributed by atoms with E-state index < -0.39 is 5.54 Å². The zero-order valence-electron chi connectivity index (χ0n) is 13.5. The van der Waals surface area contributed by atoms with Gasteiger partial charge in [0.15, 0.2) is 0 Å². The van der Waals surface area contributed by atoms with Crippen molar-refractivity contribution in [3.63, 3.8) is 0 Å². The smallest absolute Gasteiger partial charge is 0.202 e. The molecule has 0 N–H and O–H groups in total. The summed E-state index contributed by atoms with van der Waals surface area (Å²) in [6.07, 6.45) is 8.00. The lowest BCUT2D eigenvalue weighted by Crippen LogP contribution is -2.51. The van der Waals surface area contributed by atoms with Crippen molar-refractivity contribution in [2.24, 2.45) is 0 Å². The van der Waals surface area contributed by atoms with Gasteiger partial charge in [0, 0.05) is 6.04 Å². The van der Waals surface area contributed by atoms with Gasteiger partial charge in [-0.25, -0.2) is 0 Å². The first-order chi connectivity index (χ1) is 9.90.